The van der Waals surface area contributed by atoms with E-state index >= 15 is 0 Å². The van der Waals surface area contributed by atoms with Gasteiger partial charge in [-0.3, -0.25) is 9.69 Å². The lowest BCUT2D eigenvalue weighted by Crippen LogP contribution is -2.75. The molecule has 4 rings (SSSR count). The minimum Gasteiger partial charge on any atom is -0.444 e. The number of fused-ring (bicyclic) bond motifs is 1. The molecule has 1 aromatic heterocycles. The molecule has 3 unspecified atom stereocenters. The number of carbonyl (C=O) groups is 2. The summed E-state index contributed by atoms with van der Waals surface area (Å²) in [6.45, 7) is 5.18. The zero-order valence-corrected chi connectivity index (χ0v) is 19.8. The Morgan fingerprint density at radius 1 is 1.28 bits per heavy atom. The minimum absolute atomic E-state index is 0.0106. The molecule has 0 bridgehead atoms. The van der Waals surface area contributed by atoms with Crippen molar-refractivity contribution in [2.45, 2.75) is 69.9 Å². The van der Waals surface area contributed by atoms with Crippen LogP contribution in [0.25, 0.3) is 5.69 Å². The topological polar surface area (TPSA) is 100 Å². The first-order chi connectivity index (χ1) is 16.8. The molecule has 0 radical (unpaired) electrons. The Labute approximate surface area is 204 Å². The summed E-state index contributed by atoms with van der Waals surface area (Å²) < 4.78 is 59.5. The fourth-order valence-electron chi connectivity index (χ4n) is 4.48. The van der Waals surface area contributed by atoms with Crippen molar-refractivity contribution >= 4 is 12.0 Å². The number of ether oxygens (including phenoxy) is 1. The third kappa shape index (κ3) is 5.01. The number of aromatic nitrogens is 2. The highest BCUT2D eigenvalue weighted by molar-refractivity contribution is 5.89. The van der Waals surface area contributed by atoms with Crippen LogP contribution >= 0.6 is 0 Å². The molecular weight excluding hydrogens is 482 g/mol. The number of nitriles is 1. The van der Waals surface area contributed by atoms with Crippen molar-refractivity contribution in [3.05, 3.63) is 47.5 Å². The molecule has 1 aliphatic heterocycles. The number of benzene rings is 1. The van der Waals surface area contributed by atoms with Gasteiger partial charge in [-0.2, -0.15) is 23.5 Å². The second-order valence-corrected chi connectivity index (χ2v) is 9.98. The van der Waals surface area contributed by atoms with Crippen LogP contribution in [0.2, 0.25) is 0 Å². The van der Waals surface area contributed by atoms with Crippen LogP contribution in [0.1, 0.15) is 44.7 Å². The van der Waals surface area contributed by atoms with Crippen LogP contribution in [0.5, 0.6) is 0 Å². The van der Waals surface area contributed by atoms with E-state index in [4.69, 9.17) is 4.74 Å². The standard InChI is InChI=1S/C24H25F4N5O3/c1-23(2,3)36-22(35)33-19-7-6-17(19)20(33)21(34)31-15(10-29)8-13-4-5-16(9-18(13)25)32-12-14(11-30-32)24(26,27)28/h4-5,9,11-12,15,17,19-20H,6-8H2,1-3H3,(H,31,34)/t15-,17?,19?,20?/m0/s1. The number of rotatable bonds is 5. The predicted molar refractivity (Wildman–Crippen MR) is 118 cm³/mol. The largest absolute Gasteiger partial charge is 0.444 e. The Balaban J connectivity index is 1.42. The van der Waals surface area contributed by atoms with Gasteiger partial charge in [-0.15, -0.1) is 0 Å². The monoisotopic (exact) mass is 507 g/mol. The molecule has 1 N–H and O–H groups in total. The molecule has 2 fully saturated rings. The number of carbonyl (C=O) groups excluding carboxylic acids is 2. The molecular formula is C24H25F4N5O3. The van der Waals surface area contributed by atoms with Crippen LogP contribution in [-0.2, 0) is 22.1 Å². The SMILES string of the molecule is CC(C)(C)OC(=O)N1C2CCC2C1C(=O)N[C@H](C#N)Cc1ccc(-n2cc(C(F)(F)F)cn2)cc1F. The molecule has 1 saturated heterocycles. The second kappa shape index (κ2) is 9.11. The molecule has 1 saturated carbocycles. The average molecular weight is 507 g/mol. The molecule has 2 heterocycles. The molecule has 192 valence electrons. The van der Waals surface area contributed by atoms with Crippen LogP contribution in [0.3, 0.4) is 0 Å². The summed E-state index contributed by atoms with van der Waals surface area (Å²) in [7, 11) is 0. The van der Waals surface area contributed by atoms with Gasteiger partial charge in [0.25, 0.3) is 0 Å². The number of amides is 2. The van der Waals surface area contributed by atoms with Gasteiger partial charge >= 0.3 is 12.3 Å². The summed E-state index contributed by atoms with van der Waals surface area (Å²) in [4.78, 5) is 26.9. The smallest absolute Gasteiger partial charge is 0.419 e. The van der Waals surface area contributed by atoms with Crippen molar-refractivity contribution in [1.29, 1.82) is 5.26 Å². The first-order valence-electron chi connectivity index (χ1n) is 11.4. The number of hydrogen-bond donors (Lipinski definition) is 1. The molecule has 1 aromatic carbocycles. The highest BCUT2D eigenvalue weighted by Crippen LogP contribution is 2.47. The zero-order chi connectivity index (χ0) is 26.4. The first-order valence-corrected chi connectivity index (χ1v) is 11.4. The maximum atomic E-state index is 14.7. The van der Waals surface area contributed by atoms with E-state index in [0.29, 0.717) is 6.20 Å². The summed E-state index contributed by atoms with van der Waals surface area (Å²) in [5, 5.41) is 15.8. The molecule has 1 aliphatic carbocycles. The van der Waals surface area contributed by atoms with Gasteiger partial charge in [0, 0.05) is 24.6 Å². The van der Waals surface area contributed by atoms with E-state index in [1.807, 2.05) is 6.07 Å². The number of alkyl halides is 3. The van der Waals surface area contributed by atoms with Gasteiger partial charge in [0.05, 0.1) is 23.5 Å². The van der Waals surface area contributed by atoms with Crippen molar-refractivity contribution in [2.75, 3.05) is 0 Å². The van der Waals surface area contributed by atoms with Gasteiger partial charge in [0.15, 0.2) is 0 Å². The Morgan fingerprint density at radius 2 is 2.00 bits per heavy atom. The Kier molecular flexibility index (Phi) is 6.45. The molecule has 36 heavy (non-hydrogen) atoms. The van der Waals surface area contributed by atoms with Crippen molar-refractivity contribution < 1.29 is 31.9 Å². The second-order valence-electron chi connectivity index (χ2n) is 9.98. The number of piperidine rings is 1. The normalized spacial score (nSPS) is 21.9. The van der Waals surface area contributed by atoms with Gasteiger partial charge < -0.3 is 10.1 Å². The van der Waals surface area contributed by atoms with E-state index in [9.17, 15) is 32.4 Å². The van der Waals surface area contributed by atoms with Crippen molar-refractivity contribution in [2.24, 2.45) is 5.92 Å². The Morgan fingerprint density at radius 3 is 2.53 bits per heavy atom. The molecule has 2 amide bonds. The highest BCUT2D eigenvalue weighted by atomic mass is 19.4. The number of nitrogens with zero attached hydrogens (tertiary/aromatic N) is 4. The maximum Gasteiger partial charge on any atom is 0.419 e. The summed E-state index contributed by atoms with van der Waals surface area (Å²) in [6.07, 6.45) is -2.41. The quantitative estimate of drug-likeness (QED) is 0.618. The van der Waals surface area contributed by atoms with E-state index in [0.717, 1.165) is 29.8 Å². The fourth-order valence-corrected chi connectivity index (χ4v) is 4.48. The van der Waals surface area contributed by atoms with E-state index in [1.165, 1.54) is 17.0 Å². The van der Waals surface area contributed by atoms with Gasteiger partial charge in [-0.25, -0.2) is 13.9 Å². The lowest BCUT2D eigenvalue weighted by atomic mass is 9.65. The summed E-state index contributed by atoms with van der Waals surface area (Å²) in [6, 6.07) is 3.72. The number of halogens is 4. The van der Waals surface area contributed by atoms with E-state index in [2.05, 4.69) is 10.4 Å². The zero-order valence-electron chi connectivity index (χ0n) is 19.8. The van der Waals surface area contributed by atoms with E-state index < -0.39 is 47.2 Å². The first kappa shape index (κ1) is 25.5. The van der Waals surface area contributed by atoms with Gasteiger partial charge in [0.1, 0.15) is 23.5 Å². The molecule has 4 atom stereocenters. The van der Waals surface area contributed by atoms with Crippen molar-refractivity contribution in [1.82, 2.24) is 20.0 Å². The predicted octanol–water partition coefficient (Wildman–Crippen LogP) is 3.98. The molecule has 8 nitrogen and oxygen atoms in total. The minimum atomic E-state index is -4.58. The van der Waals surface area contributed by atoms with Crippen LogP contribution < -0.4 is 5.32 Å². The molecule has 2 aliphatic rings. The fraction of sp³-hybridized carbons (Fsp3) is 0.500. The van der Waals surface area contributed by atoms with Crippen LogP contribution in [0, 0.1) is 23.1 Å². The molecule has 12 heteroatoms. The summed E-state index contributed by atoms with van der Waals surface area (Å²) in [5.41, 5.74) is -1.53. The van der Waals surface area contributed by atoms with Crippen LogP contribution in [0.4, 0.5) is 22.4 Å². The molecule has 0 spiro atoms. The van der Waals surface area contributed by atoms with Crippen molar-refractivity contribution in [3.8, 4) is 11.8 Å². The third-order valence-electron chi connectivity index (χ3n) is 6.33. The molecule has 2 aromatic rings. The van der Waals surface area contributed by atoms with Crippen molar-refractivity contribution in [3.63, 3.8) is 0 Å². The number of likely N-dealkylation sites (tertiary alicyclic amines) is 1. The lowest BCUT2D eigenvalue weighted by molar-refractivity contribution is -0.155. The van der Waals surface area contributed by atoms with Crippen LogP contribution in [0.15, 0.2) is 30.6 Å². The third-order valence-corrected chi connectivity index (χ3v) is 6.33. The van der Waals surface area contributed by atoms with Crippen LogP contribution in [-0.4, -0.2) is 50.4 Å². The lowest BCUT2D eigenvalue weighted by Gasteiger charge is -2.60. The Bertz CT molecular complexity index is 1210. The van der Waals surface area contributed by atoms with E-state index in [1.54, 1.807) is 20.8 Å². The highest BCUT2D eigenvalue weighted by Gasteiger charge is 2.60. The average Bonchev–Trinajstić information content (AvgIpc) is 3.25. The summed E-state index contributed by atoms with van der Waals surface area (Å²) >= 11 is 0. The van der Waals surface area contributed by atoms with E-state index in [-0.39, 0.29) is 29.6 Å². The Hall–Kier alpha value is -3.62. The number of nitrogens with one attached hydrogen (secondary N) is 1. The van der Waals surface area contributed by atoms with Gasteiger partial charge in [0.2, 0.25) is 5.91 Å². The van der Waals surface area contributed by atoms with Gasteiger partial charge in [-0.05, 0) is 51.3 Å². The van der Waals surface area contributed by atoms with Gasteiger partial charge in [-0.1, -0.05) is 6.07 Å². The number of hydrogen-bond acceptors (Lipinski definition) is 5. The summed E-state index contributed by atoms with van der Waals surface area (Å²) in [5.74, 6) is -1.28. The maximum absolute atomic E-state index is 14.7.